The zero-order chi connectivity index (χ0) is 14.8. The standard InChI is InChI=1S/C17H20INO2/c1-21-17(20)16-14(10-13-6-7-15(16)19-13)12-4-2-11(3-5-12)8-9-18/h2-5,8-9,13-16,19H,6-7,10H2,1H3/b9-8-/t13-,14+,15+,16-/m0/s1/i18-4. The number of methoxy groups -OCH3 is 1. The minimum atomic E-state index is -0.0749. The topological polar surface area (TPSA) is 38.3 Å². The van der Waals surface area contributed by atoms with E-state index in [1.807, 2.05) is 4.08 Å². The van der Waals surface area contributed by atoms with Crippen LogP contribution in [0.25, 0.3) is 6.08 Å². The van der Waals surface area contributed by atoms with Gasteiger partial charge in [0, 0.05) is 18.0 Å². The molecule has 2 aliphatic rings. The normalized spacial score (nSPS) is 31.5. The number of nitrogens with one attached hydrogen (secondary N) is 1. The summed E-state index contributed by atoms with van der Waals surface area (Å²) in [7, 11) is 1.49. The van der Waals surface area contributed by atoms with E-state index < -0.39 is 0 Å². The van der Waals surface area contributed by atoms with Crippen molar-refractivity contribution in [3.63, 3.8) is 0 Å². The molecule has 0 saturated carbocycles. The van der Waals surface area contributed by atoms with E-state index in [4.69, 9.17) is 4.74 Å². The van der Waals surface area contributed by atoms with Crippen LogP contribution in [0.3, 0.4) is 0 Å². The number of benzene rings is 1. The van der Waals surface area contributed by atoms with Gasteiger partial charge in [-0.3, -0.25) is 4.79 Å². The fourth-order valence-corrected chi connectivity index (χ4v) is 4.20. The fourth-order valence-electron chi connectivity index (χ4n) is 3.79. The lowest BCUT2D eigenvalue weighted by molar-refractivity contribution is -0.148. The molecule has 3 nitrogen and oxygen atoms in total. The summed E-state index contributed by atoms with van der Waals surface area (Å²) in [4.78, 5) is 12.2. The first-order valence-electron chi connectivity index (χ1n) is 7.43. The van der Waals surface area contributed by atoms with Crippen molar-refractivity contribution in [3.05, 3.63) is 39.5 Å². The number of hydrogen-bond donors (Lipinski definition) is 1. The monoisotopic (exact) mass is 393 g/mol. The van der Waals surface area contributed by atoms with Crippen molar-refractivity contribution < 1.29 is 9.53 Å². The number of carbonyl (C=O) groups is 1. The van der Waals surface area contributed by atoms with E-state index in [9.17, 15) is 4.79 Å². The molecule has 0 aromatic heterocycles. The SMILES string of the molecule is COC(=O)[C@H]1[C@@H](c2ccc(/C=C\[123I])cc2)C[C@@H]2CC[C@H]1N2. The van der Waals surface area contributed by atoms with Crippen LogP contribution < -0.4 is 5.32 Å². The average molecular weight is 393 g/mol. The number of fused-ring (bicyclic) bond motifs is 2. The van der Waals surface area contributed by atoms with Crippen molar-refractivity contribution in [2.75, 3.05) is 7.11 Å². The molecule has 2 aliphatic heterocycles. The Morgan fingerprint density at radius 2 is 2.10 bits per heavy atom. The molecule has 2 bridgehead atoms. The zero-order valence-corrected chi connectivity index (χ0v) is 14.2. The highest BCUT2D eigenvalue weighted by atomic mass is 123. The lowest BCUT2D eigenvalue weighted by Crippen LogP contribution is -2.48. The van der Waals surface area contributed by atoms with Gasteiger partial charge in [-0.05, 0) is 40.5 Å². The number of piperidine rings is 1. The highest BCUT2D eigenvalue weighted by Crippen LogP contribution is 2.42. The van der Waals surface area contributed by atoms with Gasteiger partial charge in [0.1, 0.15) is 0 Å². The van der Waals surface area contributed by atoms with Crippen LogP contribution in [0, 0.1) is 5.92 Å². The van der Waals surface area contributed by atoms with Gasteiger partial charge in [-0.15, -0.1) is 0 Å². The number of carbonyl (C=O) groups excluding carboxylic acids is 1. The average Bonchev–Trinajstić information content (AvgIpc) is 2.89. The molecule has 0 radical (unpaired) electrons. The molecule has 4 atom stereocenters. The van der Waals surface area contributed by atoms with Gasteiger partial charge < -0.3 is 10.1 Å². The Balaban J connectivity index is 1.88. The molecule has 2 saturated heterocycles. The molecule has 1 N–H and O–H groups in total. The molecule has 2 fully saturated rings. The Bertz CT molecular complexity index is 540. The molecule has 0 aliphatic carbocycles. The van der Waals surface area contributed by atoms with E-state index in [2.05, 4.69) is 58.2 Å². The van der Waals surface area contributed by atoms with E-state index in [1.54, 1.807) is 0 Å². The third-order valence-corrected chi connectivity index (χ3v) is 5.13. The molecule has 0 unspecified atom stereocenters. The van der Waals surface area contributed by atoms with Crippen LogP contribution in [0.15, 0.2) is 28.3 Å². The van der Waals surface area contributed by atoms with Crippen molar-refractivity contribution in [2.24, 2.45) is 5.92 Å². The summed E-state index contributed by atoms with van der Waals surface area (Å²) < 4.78 is 7.07. The minimum absolute atomic E-state index is 0.0558. The Morgan fingerprint density at radius 1 is 1.33 bits per heavy atom. The van der Waals surface area contributed by atoms with Gasteiger partial charge >= 0.3 is 5.97 Å². The summed E-state index contributed by atoms with van der Waals surface area (Å²) in [5.74, 6) is 0.141. The molecule has 0 spiro atoms. The van der Waals surface area contributed by atoms with Crippen molar-refractivity contribution in [3.8, 4) is 0 Å². The van der Waals surface area contributed by atoms with E-state index in [-0.39, 0.29) is 23.8 Å². The molecular formula is C17H20INO2. The van der Waals surface area contributed by atoms with Gasteiger partial charge in [0.2, 0.25) is 0 Å². The predicted octanol–water partition coefficient (Wildman–Crippen LogP) is 3.49. The second-order valence-electron chi connectivity index (χ2n) is 5.90. The third-order valence-electron chi connectivity index (χ3n) is 4.77. The molecule has 112 valence electrons. The summed E-state index contributed by atoms with van der Waals surface area (Å²) in [5, 5.41) is 3.57. The number of ether oxygens (including phenoxy) is 1. The maximum atomic E-state index is 12.2. The Morgan fingerprint density at radius 3 is 2.76 bits per heavy atom. The van der Waals surface area contributed by atoms with Crippen molar-refractivity contribution in [1.82, 2.24) is 5.32 Å². The van der Waals surface area contributed by atoms with E-state index in [0.29, 0.717) is 6.04 Å². The van der Waals surface area contributed by atoms with Crippen LogP contribution in [0.1, 0.15) is 36.3 Å². The number of hydrogen-bond acceptors (Lipinski definition) is 3. The second-order valence-corrected chi connectivity index (χ2v) is 6.62. The summed E-state index contributed by atoms with van der Waals surface area (Å²) in [6.45, 7) is 0. The predicted molar refractivity (Wildman–Crippen MR) is 92.3 cm³/mol. The maximum Gasteiger partial charge on any atom is 0.310 e. The Labute approximate surface area is 139 Å². The lowest BCUT2D eigenvalue weighted by atomic mass is 9.77. The van der Waals surface area contributed by atoms with Crippen molar-refractivity contribution in [2.45, 2.75) is 37.3 Å². The molecule has 3 rings (SSSR count). The molecular weight excluding hydrogens is 373 g/mol. The largest absolute Gasteiger partial charge is 0.469 e. The van der Waals surface area contributed by atoms with Gasteiger partial charge in [0.15, 0.2) is 0 Å². The van der Waals surface area contributed by atoms with Gasteiger partial charge in [-0.25, -0.2) is 0 Å². The zero-order valence-electron chi connectivity index (χ0n) is 12.1. The highest BCUT2D eigenvalue weighted by molar-refractivity contribution is 14.1. The van der Waals surface area contributed by atoms with E-state index in [0.717, 1.165) is 12.8 Å². The van der Waals surface area contributed by atoms with Crippen LogP contribution in [-0.4, -0.2) is 25.2 Å². The van der Waals surface area contributed by atoms with E-state index >= 15 is 0 Å². The molecule has 1 aromatic carbocycles. The smallest absolute Gasteiger partial charge is 0.310 e. The summed E-state index contributed by atoms with van der Waals surface area (Å²) >= 11 is 2.22. The molecule has 0 amide bonds. The van der Waals surface area contributed by atoms with Crippen LogP contribution in [-0.2, 0) is 9.53 Å². The number of rotatable bonds is 3. The number of halogens is 1. The Hall–Kier alpha value is -0.880. The molecule has 1 aromatic rings. The lowest BCUT2D eigenvalue weighted by Gasteiger charge is -2.36. The number of esters is 1. The fraction of sp³-hybridized carbons (Fsp3) is 0.471. The second kappa shape index (κ2) is 6.48. The molecule has 2 heterocycles. The molecule has 21 heavy (non-hydrogen) atoms. The summed E-state index contributed by atoms with van der Waals surface area (Å²) in [6.07, 6.45) is 5.35. The first kappa shape index (κ1) is 15.0. The first-order chi connectivity index (χ1) is 10.2. The molecule has 4 heteroatoms. The van der Waals surface area contributed by atoms with Crippen LogP contribution in [0.5, 0.6) is 0 Å². The van der Waals surface area contributed by atoms with Crippen molar-refractivity contribution in [1.29, 1.82) is 0 Å². The maximum absolute atomic E-state index is 12.2. The van der Waals surface area contributed by atoms with Crippen LogP contribution in [0.2, 0.25) is 0 Å². The summed E-state index contributed by atoms with van der Waals surface area (Å²) in [6, 6.07) is 9.41. The highest BCUT2D eigenvalue weighted by Gasteiger charge is 2.46. The van der Waals surface area contributed by atoms with Gasteiger partial charge in [-0.2, -0.15) is 0 Å². The summed E-state index contributed by atoms with van der Waals surface area (Å²) in [5.41, 5.74) is 2.45. The van der Waals surface area contributed by atoms with Gasteiger partial charge in [0.25, 0.3) is 0 Å². The third kappa shape index (κ3) is 3.01. The minimum Gasteiger partial charge on any atom is -0.469 e. The van der Waals surface area contributed by atoms with Gasteiger partial charge in [0.05, 0.1) is 13.0 Å². The van der Waals surface area contributed by atoms with Crippen molar-refractivity contribution >= 4 is 34.6 Å². The first-order valence-corrected chi connectivity index (χ1v) is 8.68. The van der Waals surface area contributed by atoms with Crippen LogP contribution in [0.4, 0.5) is 0 Å². The van der Waals surface area contributed by atoms with Crippen LogP contribution >= 0.6 is 22.6 Å². The van der Waals surface area contributed by atoms with Gasteiger partial charge in [-0.1, -0.05) is 46.9 Å². The van der Waals surface area contributed by atoms with E-state index in [1.165, 1.54) is 24.7 Å². The Kier molecular flexibility index (Phi) is 4.64. The quantitative estimate of drug-likeness (QED) is 0.631.